The Labute approximate surface area is 101 Å². The molecular formula is C8H4BrF3N2O3. The van der Waals surface area contributed by atoms with E-state index >= 15 is 0 Å². The van der Waals surface area contributed by atoms with Gasteiger partial charge in [0.2, 0.25) is 6.41 Å². The summed E-state index contributed by atoms with van der Waals surface area (Å²) < 4.78 is 37.7. The van der Waals surface area contributed by atoms with Crippen molar-refractivity contribution in [1.29, 1.82) is 0 Å². The van der Waals surface area contributed by atoms with Crippen LogP contribution in [0.1, 0.15) is 5.56 Å². The minimum absolute atomic E-state index is 0.0501. The second kappa shape index (κ2) is 4.70. The molecule has 17 heavy (non-hydrogen) atoms. The molecule has 1 amide bonds. The SMILES string of the molecule is O=CNc1c([N+](=O)[O-])cc(Br)cc1C(F)(F)F. The van der Waals surface area contributed by atoms with Gasteiger partial charge in [-0.15, -0.1) is 0 Å². The molecule has 0 fully saturated rings. The number of rotatable bonds is 3. The fourth-order valence-corrected chi connectivity index (χ4v) is 1.62. The van der Waals surface area contributed by atoms with Crippen LogP contribution < -0.4 is 5.32 Å². The lowest BCUT2D eigenvalue weighted by Crippen LogP contribution is -2.12. The number of nitro benzene ring substituents is 1. The Morgan fingerprint density at radius 3 is 2.41 bits per heavy atom. The number of amides is 1. The predicted molar refractivity (Wildman–Crippen MR) is 55.5 cm³/mol. The van der Waals surface area contributed by atoms with Gasteiger partial charge in [0.15, 0.2) is 0 Å². The molecule has 0 atom stereocenters. The summed E-state index contributed by atoms with van der Waals surface area (Å²) in [5.74, 6) is 0. The quantitative estimate of drug-likeness (QED) is 0.530. The monoisotopic (exact) mass is 312 g/mol. The minimum atomic E-state index is -4.81. The number of carbonyl (C=O) groups is 1. The van der Waals surface area contributed by atoms with Crippen molar-refractivity contribution < 1.29 is 22.9 Å². The second-order valence-corrected chi connectivity index (χ2v) is 3.78. The molecule has 0 aliphatic heterocycles. The highest BCUT2D eigenvalue weighted by Gasteiger charge is 2.37. The van der Waals surface area contributed by atoms with Gasteiger partial charge in [-0.3, -0.25) is 14.9 Å². The van der Waals surface area contributed by atoms with Gasteiger partial charge in [0.05, 0.1) is 10.5 Å². The maximum atomic E-state index is 12.6. The second-order valence-electron chi connectivity index (χ2n) is 2.86. The molecule has 0 bridgehead atoms. The van der Waals surface area contributed by atoms with E-state index in [-0.39, 0.29) is 10.9 Å². The first-order valence-electron chi connectivity index (χ1n) is 4.02. The summed E-state index contributed by atoms with van der Waals surface area (Å²) in [6.45, 7) is 0. The van der Waals surface area contributed by atoms with Crippen LogP contribution in [-0.4, -0.2) is 11.3 Å². The van der Waals surface area contributed by atoms with Gasteiger partial charge >= 0.3 is 6.18 Å². The third kappa shape index (κ3) is 2.93. The van der Waals surface area contributed by atoms with Crippen LogP contribution in [0.4, 0.5) is 24.5 Å². The molecule has 1 aromatic rings. The van der Waals surface area contributed by atoms with E-state index in [4.69, 9.17) is 0 Å². The molecule has 0 unspecified atom stereocenters. The zero-order valence-electron chi connectivity index (χ0n) is 7.92. The molecule has 9 heteroatoms. The van der Waals surface area contributed by atoms with Gasteiger partial charge in [0.1, 0.15) is 5.69 Å². The summed E-state index contributed by atoms with van der Waals surface area (Å²) in [7, 11) is 0. The molecule has 0 saturated carbocycles. The van der Waals surface area contributed by atoms with E-state index < -0.39 is 28.0 Å². The Bertz CT molecular complexity index is 476. The molecule has 5 nitrogen and oxygen atoms in total. The number of carbonyl (C=O) groups excluding carboxylic acids is 1. The fourth-order valence-electron chi connectivity index (χ4n) is 1.17. The first-order chi connectivity index (χ1) is 7.77. The molecule has 1 rings (SSSR count). The van der Waals surface area contributed by atoms with Crippen LogP contribution in [0, 0.1) is 10.1 Å². The number of benzene rings is 1. The molecule has 0 aliphatic rings. The molecule has 0 aliphatic carbocycles. The van der Waals surface area contributed by atoms with Crippen LogP contribution in [0.25, 0.3) is 0 Å². The molecule has 0 heterocycles. The Hall–Kier alpha value is -1.64. The number of anilines is 1. The van der Waals surface area contributed by atoms with Gasteiger partial charge in [-0.2, -0.15) is 13.2 Å². The average Bonchev–Trinajstić information content (AvgIpc) is 2.18. The zero-order valence-corrected chi connectivity index (χ0v) is 9.50. The Morgan fingerprint density at radius 1 is 1.41 bits per heavy atom. The van der Waals surface area contributed by atoms with Crippen molar-refractivity contribution in [3.8, 4) is 0 Å². The molecule has 92 valence electrons. The van der Waals surface area contributed by atoms with Gasteiger partial charge in [-0.25, -0.2) is 0 Å². The topological polar surface area (TPSA) is 72.2 Å². The van der Waals surface area contributed by atoms with Crippen LogP contribution in [0.2, 0.25) is 0 Å². The predicted octanol–water partition coefficient (Wildman–Crippen LogP) is 2.94. The number of nitrogens with zero attached hydrogens (tertiary/aromatic N) is 1. The van der Waals surface area contributed by atoms with Crippen LogP contribution in [0.3, 0.4) is 0 Å². The summed E-state index contributed by atoms with van der Waals surface area (Å²) in [6, 6.07) is 1.53. The van der Waals surface area contributed by atoms with Crippen LogP contribution >= 0.6 is 15.9 Å². The van der Waals surface area contributed by atoms with Crippen molar-refractivity contribution >= 4 is 33.7 Å². The van der Waals surface area contributed by atoms with E-state index in [2.05, 4.69) is 15.9 Å². The summed E-state index contributed by atoms with van der Waals surface area (Å²) in [5.41, 5.74) is -3.00. The third-order valence-electron chi connectivity index (χ3n) is 1.79. The lowest BCUT2D eigenvalue weighted by Gasteiger charge is -2.12. The van der Waals surface area contributed by atoms with Gasteiger partial charge in [-0.05, 0) is 6.07 Å². The van der Waals surface area contributed by atoms with Crippen molar-refractivity contribution in [2.24, 2.45) is 0 Å². The van der Waals surface area contributed by atoms with E-state index in [1.807, 2.05) is 0 Å². The number of nitrogens with one attached hydrogen (secondary N) is 1. The molecular weight excluding hydrogens is 309 g/mol. The maximum absolute atomic E-state index is 12.6. The van der Waals surface area contributed by atoms with Gasteiger partial charge in [-0.1, -0.05) is 15.9 Å². The first-order valence-corrected chi connectivity index (χ1v) is 4.82. The zero-order chi connectivity index (χ0) is 13.2. The Balaban J connectivity index is 3.57. The van der Waals surface area contributed by atoms with E-state index in [0.717, 1.165) is 6.07 Å². The van der Waals surface area contributed by atoms with Crippen LogP contribution in [0.15, 0.2) is 16.6 Å². The largest absolute Gasteiger partial charge is 0.418 e. The normalized spacial score (nSPS) is 11.1. The van der Waals surface area contributed by atoms with E-state index in [1.165, 1.54) is 0 Å². The highest BCUT2D eigenvalue weighted by Crippen LogP contribution is 2.41. The van der Waals surface area contributed by atoms with Crippen molar-refractivity contribution in [1.82, 2.24) is 0 Å². The molecule has 0 saturated heterocycles. The standard InChI is InChI=1S/C8H4BrF3N2O3/c9-4-1-5(8(10,11)12)7(13-3-15)6(2-4)14(16)17/h1-3H,(H,13,15). The molecule has 0 radical (unpaired) electrons. The van der Waals surface area contributed by atoms with E-state index in [0.29, 0.717) is 6.07 Å². The number of nitro groups is 1. The number of hydrogen-bond donors (Lipinski definition) is 1. The molecule has 1 N–H and O–H groups in total. The highest BCUT2D eigenvalue weighted by molar-refractivity contribution is 9.10. The van der Waals surface area contributed by atoms with E-state index in [1.54, 1.807) is 5.32 Å². The molecule has 0 spiro atoms. The third-order valence-corrected chi connectivity index (χ3v) is 2.25. The highest BCUT2D eigenvalue weighted by atomic mass is 79.9. The summed E-state index contributed by atoms with van der Waals surface area (Å²) >= 11 is 2.74. The van der Waals surface area contributed by atoms with Gasteiger partial charge in [0.25, 0.3) is 5.69 Å². The molecule has 1 aromatic carbocycles. The van der Waals surface area contributed by atoms with Crippen molar-refractivity contribution in [2.75, 3.05) is 5.32 Å². The lowest BCUT2D eigenvalue weighted by molar-refractivity contribution is -0.384. The van der Waals surface area contributed by atoms with Crippen molar-refractivity contribution in [3.05, 3.63) is 32.3 Å². The lowest BCUT2D eigenvalue weighted by atomic mass is 10.1. The first kappa shape index (κ1) is 13.4. The van der Waals surface area contributed by atoms with E-state index in [9.17, 15) is 28.1 Å². The summed E-state index contributed by atoms with van der Waals surface area (Å²) in [4.78, 5) is 19.8. The summed E-state index contributed by atoms with van der Waals surface area (Å²) in [5, 5.41) is 12.3. The average molecular weight is 313 g/mol. The fraction of sp³-hybridized carbons (Fsp3) is 0.125. The maximum Gasteiger partial charge on any atom is 0.418 e. The molecule has 0 aromatic heterocycles. The number of hydrogen-bond acceptors (Lipinski definition) is 3. The van der Waals surface area contributed by atoms with Gasteiger partial charge < -0.3 is 5.32 Å². The smallest absolute Gasteiger partial charge is 0.322 e. The van der Waals surface area contributed by atoms with Crippen LogP contribution in [-0.2, 0) is 11.0 Å². The Kier molecular flexibility index (Phi) is 3.71. The van der Waals surface area contributed by atoms with Crippen molar-refractivity contribution in [3.63, 3.8) is 0 Å². The summed E-state index contributed by atoms with van der Waals surface area (Å²) in [6.07, 6.45) is -4.86. The minimum Gasteiger partial charge on any atom is -0.322 e. The number of halogens is 4. The number of alkyl halides is 3. The van der Waals surface area contributed by atoms with Crippen molar-refractivity contribution in [2.45, 2.75) is 6.18 Å². The Morgan fingerprint density at radius 2 is 2.00 bits per heavy atom. The van der Waals surface area contributed by atoms with Gasteiger partial charge in [0, 0.05) is 10.5 Å². The van der Waals surface area contributed by atoms with Crippen LogP contribution in [0.5, 0.6) is 0 Å².